The van der Waals surface area contributed by atoms with Gasteiger partial charge >= 0.3 is 11.9 Å². The smallest absolute Gasteiger partial charge is 0.306 e. The van der Waals surface area contributed by atoms with Crippen LogP contribution < -0.4 is 0 Å². The van der Waals surface area contributed by atoms with E-state index in [4.69, 9.17) is 9.47 Å². The van der Waals surface area contributed by atoms with Crippen molar-refractivity contribution < 1.29 is 24.2 Å². The Labute approximate surface area is 266 Å². The Bertz CT molecular complexity index is 602. The number of ether oxygens (including phenoxy) is 2. The van der Waals surface area contributed by atoms with Crippen molar-refractivity contribution in [3.05, 3.63) is 0 Å². The average Bonchev–Trinajstić information content (AvgIpc) is 2.88. The number of hydrogen-bond acceptors (Lipinski definition) is 7. The quantitative estimate of drug-likeness (QED) is 0.0282. The Hall–Kier alpha value is -0.0600. The van der Waals surface area contributed by atoms with E-state index in [0.29, 0.717) is 12.8 Å². The van der Waals surface area contributed by atoms with Crippen molar-refractivity contribution in [2.75, 3.05) is 36.4 Å². The molecule has 0 radical (unpaired) electrons. The van der Waals surface area contributed by atoms with Crippen LogP contribution >= 0.6 is 35.2 Å². The molecule has 8 heteroatoms. The van der Waals surface area contributed by atoms with Crippen LogP contribution in [-0.2, 0) is 19.1 Å². The van der Waals surface area contributed by atoms with E-state index < -0.39 is 5.60 Å². The lowest BCUT2D eigenvalue weighted by atomic mass is 10.1. The highest BCUT2D eigenvalue weighted by Crippen LogP contribution is 2.17. The van der Waals surface area contributed by atoms with Crippen LogP contribution in [0.2, 0.25) is 0 Å². The van der Waals surface area contributed by atoms with E-state index in [-0.39, 0.29) is 24.6 Å². The van der Waals surface area contributed by atoms with Gasteiger partial charge in [0.05, 0.1) is 6.61 Å². The van der Waals surface area contributed by atoms with E-state index in [1.54, 1.807) is 0 Å². The molecule has 0 aliphatic heterocycles. The predicted molar refractivity (Wildman–Crippen MR) is 180 cm³/mol. The van der Waals surface area contributed by atoms with Gasteiger partial charge in [-0.3, -0.25) is 9.59 Å². The fourth-order valence-electron chi connectivity index (χ4n) is 4.77. The SMILES string of the molecule is CC(C)(C)OC(=O)CCCCCCCN(CCO)CCCCCCCC(=O)OC(CCCCS)CCCCCI. The lowest BCUT2D eigenvalue weighted by Crippen LogP contribution is -2.29. The molecule has 0 saturated carbocycles. The van der Waals surface area contributed by atoms with Crippen LogP contribution in [0.15, 0.2) is 0 Å². The van der Waals surface area contributed by atoms with Gasteiger partial charge in [0.25, 0.3) is 0 Å². The van der Waals surface area contributed by atoms with Crippen LogP contribution in [0.4, 0.5) is 0 Å². The molecule has 0 aromatic carbocycles. The van der Waals surface area contributed by atoms with Gasteiger partial charge in [0, 0.05) is 19.4 Å². The summed E-state index contributed by atoms with van der Waals surface area (Å²) in [5.41, 5.74) is -0.399. The van der Waals surface area contributed by atoms with E-state index in [1.165, 1.54) is 17.3 Å². The second kappa shape index (κ2) is 27.8. The van der Waals surface area contributed by atoms with Crippen molar-refractivity contribution in [1.29, 1.82) is 0 Å². The molecule has 6 nitrogen and oxygen atoms in total. The molecule has 0 aliphatic rings. The fraction of sp³-hybridized carbons (Fsp3) is 0.938. The highest BCUT2D eigenvalue weighted by Gasteiger charge is 2.16. The van der Waals surface area contributed by atoms with Crippen molar-refractivity contribution in [3.63, 3.8) is 0 Å². The Morgan fingerprint density at radius 3 is 1.75 bits per heavy atom. The number of rotatable bonds is 28. The normalized spacial score (nSPS) is 12.6. The number of thiol groups is 1. The van der Waals surface area contributed by atoms with Crippen LogP contribution in [-0.4, -0.2) is 70.1 Å². The van der Waals surface area contributed by atoms with E-state index in [2.05, 4.69) is 40.1 Å². The minimum Gasteiger partial charge on any atom is -0.462 e. The third-order valence-electron chi connectivity index (χ3n) is 6.94. The number of esters is 2. The number of aliphatic hydroxyl groups is 1. The summed E-state index contributed by atoms with van der Waals surface area (Å²) in [4.78, 5) is 26.5. The standard InChI is InChI=1S/C32H62INO5S/c1-32(2,3)39-31(37)22-13-7-5-9-17-25-34(26-27-35)24-16-8-4-6-12-21-30(36)38-29(20-14-18-28-40)19-11-10-15-23-33/h29,35,40H,4-28H2,1-3H3. The predicted octanol–water partition coefficient (Wildman–Crippen LogP) is 8.31. The second-order valence-corrected chi connectivity index (χ2v) is 13.6. The van der Waals surface area contributed by atoms with Crippen LogP contribution in [0, 0.1) is 0 Å². The first-order valence-corrected chi connectivity index (χ1v) is 18.3. The molecule has 1 atom stereocenters. The van der Waals surface area contributed by atoms with Crippen molar-refractivity contribution >= 4 is 47.2 Å². The molecule has 1 unspecified atom stereocenters. The van der Waals surface area contributed by atoms with Gasteiger partial charge in [0.2, 0.25) is 0 Å². The van der Waals surface area contributed by atoms with Crippen LogP contribution in [0.3, 0.4) is 0 Å². The first kappa shape index (κ1) is 39.9. The summed E-state index contributed by atoms with van der Waals surface area (Å²) in [6.45, 7) is 8.69. The summed E-state index contributed by atoms with van der Waals surface area (Å²) < 4.78 is 12.4. The Morgan fingerprint density at radius 1 is 0.725 bits per heavy atom. The van der Waals surface area contributed by atoms with Crippen molar-refractivity contribution in [2.45, 2.75) is 154 Å². The molecule has 40 heavy (non-hydrogen) atoms. The monoisotopic (exact) mass is 699 g/mol. The zero-order valence-electron chi connectivity index (χ0n) is 26.1. The minimum atomic E-state index is -0.399. The summed E-state index contributed by atoms with van der Waals surface area (Å²) >= 11 is 6.72. The van der Waals surface area contributed by atoms with E-state index in [1.807, 2.05) is 20.8 Å². The summed E-state index contributed by atoms with van der Waals surface area (Å²) in [5, 5.41) is 9.43. The first-order valence-electron chi connectivity index (χ1n) is 16.1. The zero-order chi connectivity index (χ0) is 29.9. The maximum Gasteiger partial charge on any atom is 0.306 e. The first-order chi connectivity index (χ1) is 19.2. The average molecular weight is 700 g/mol. The second-order valence-electron chi connectivity index (χ2n) is 12.1. The molecule has 0 bridgehead atoms. The van der Waals surface area contributed by atoms with Gasteiger partial charge in [-0.2, -0.15) is 12.6 Å². The van der Waals surface area contributed by atoms with E-state index in [9.17, 15) is 14.7 Å². The molecule has 1 N–H and O–H groups in total. The Kier molecular flexibility index (Phi) is 27.7. The number of carbonyl (C=O) groups is 2. The molecule has 0 aliphatic carbocycles. The molecule has 0 rings (SSSR count). The molecule has 238 valence electrons. The Balaban J connectivity index is 3.91. The van der Waals surface area contributed by atoms with Gasteiger partial charge < -0.3 is 19.5 Å². The number of alkyl halides is 1. The lowest BCUT2D eigenvalue weighted by Gasteiger charge is -2.21. The van der Waals surface area contributed by atoms with Gasteiger partial charge in [-0.05, 0) is 108 Å². The fourth-order valence-corrected chi connectivity index (χ4v) is 5.54. The largest absolute Gasteiger partial charge is 0.462 e. The summed E-state index contributed by atoms with van der Waals surface area (Å²) in [7, 11) is 0. The molecule has 0 aromatic heterocycles. The van der Waals surface area contributed by atoms with Gasteiger partial charge in [0.1, 0.15) is 11.7 Å². The molecular weight excluding hydrogens is 637 g/mol. The van der Waals surface area contributed by atoms with Crippen LogP contribution in [0.5, 0.6) is 0 Å². The summed E-state index contributed by atoms with van der Waals surface area (Å²) in [5.74, 6) is 0.772. The third kappa shape index (κ3) is 28.1. The number of halogens is 1. The highest BCUT2D eigenvalue weighted by molar-refractivity contribution is 14.1. The van der Waals surface area contributed by atoms with Crippen molar-refractivity contribution in [2.24, 2.45) is 0 Å². The molecule has 0 spiro atoms. The molecular formula is C32H62INO5S. The van der Waals surface area contributed by atoms with Crippen molar-refractivity contribution in [3.8, 4) is 0 Å². The molecule has 0 aromatic rings. The van der Waals surface area contributed by atoms with Gasteiger partial charge in [0.15, 0.2) is 0 Å². The van der Waals surface area contributed by atoms with Crippen LogP contribution in [0.25, 0.3) is 0 Å². The Morgan fingerprint density at radius 2 is 1.23 bits per heavy atom. The number of unbranched alkanes of at least 4 members (excludes halogenated alkanes) is 11. The van der Waals surface area contributed by atoms with Gasteiger partial charge in [-0.25, -0.2) is 0 Å². The van der Waals surface area contributed by atoms with Gasteiger partial charge in [-0.15, -0.1) is 0 Å². The van der Waals surface area contributed by atoms with Crippen LogP contribution in [0.1, 0.15) is 143 Å². The van der Waals surface area contributed by atoms with E-state index >= 15 is 0 Å². The number of nitrogens with zero attached hydrogens (tertiary/aromatic N) is 1. The molecule has 0 fully saturated rings. The number of hydrogen-bond donors (Lipinski definition) is 2. The van der Waals surface area contributed by atoms with Gasteiger partial charge in [-0.1, -0.05) is 67.5 Å². The maximum absolute atomic E-state index is 12.4. The zero-order valence-corrected chi connectivity index (χ0v) is 29.2. The molecule has 0 saturated heterocycles. The lowest BCUT2D eigenvalue weighted by molar-refractivity contribution is -0.155. The summed E-state index contributed by atoms with van der Waals surface area (Å²) in [6.07, 6.45) is 19.6. The van der Waals surface area contributed by atoms with E-state index in [0.717, 1.165) is 122 Å². The molecule has 0 amide bonds. The highest BCUT2D eigenvalue weighted by atomic mass is 127. The number of aliphatic hydroxyl groups excluding tert-OH is 1. The molecule has 0 heterocycles. The minimum absolute atomic E-state index is 0.0243. The van der Waals surface area contributed by atoms with Crippen molar-refractivity contribution in [1.82, 2.24) is 4.90 Å². The number of carbonyl (C=O) groups excluding carboxylic acids is 2. The topological polar surface area (TPSA) is 76.1 Å². The third-order valence-corrected chi connectivity index (χ3v) is 8.02. The summed E-state index contributed by atoms with van der Waals surface area (Å²) in [6, 6.07) is 0. The maximum atomic E-state index is 12.4.